The third-order valence-electron chi connectivity index (χ3n) is 4.41. The predicted molar refractivity (Wildman–Crippen MR) is 112 cm³/mol. The lowest BCUT2D eigenvalue weighted by Gasteiger charge is -2.19. The third kappa shape index (κ3) is 17.5. The topological polar surface area (TPSA) is 44.8 Å². The Labute approximate surface area is 163 Å². The first-order valence-electron chi connectivity index (χ1n) is 11.0. The Balaban J connectivity index is 4.04. The zero-order valence-electron chi connectivity index (χ0n) is 17.8. The minimum Gasteiger partial charge on any atom is -0.374 e. The third-order valence-corrected chi connectivity index (χ3v) is 6.37. The van der Waals surface area contributed by atoms with Crippen molar-refractivity contribution in [1.29, 1.82) is 0 Å². The Morgan fingerprint density at radius 2 is 0.808 bits per heavy atom. The van der Waals surface area contributed by atoms with Crippen LogP contribution in [0.3, 0.4) is 0 Å². The first kappa shape index (κ1) is 26.1. The zero-order chi connectivity index (χ0) is 19.3. The minimum absolute atomic E-state index is 0.295. The molecule has 158 valence electrons. The van der Waals surface area contributed by atoms with Gasteiger partial charge in [-0.05, 0) is 19.3 Å². The second kappa shape index (κ2) is 19.9. The van der Waals surface area contributed by atoms with Gasteiger partial charge in [0.15, 0.2) is 7.14 Å². The van der Waals surface area contributed by atoms with E-state index in [1.165, 1.54) is 57.8 Å². The monoisotopic (exact) mass is 392 g/mol. The maximum absolute atomic E-state index is 13.1. The highest BCUT2D eigenvalue weighted by atomic mass is 31.2. The lowest BCUT2D eigenvalue weighted by atomic mass is 10.2. The van der Waals surface area contributed by atoms with E-state index in [0.29, 0.717) is 38.9 Å². The second-order valence-corrected chi connectivity index (χ2v) is 10.2. The molecule has 0 saturated carbocycles. The Morgan fingerprint density at radius 3 is 1.08 bits per heavy atom. The van der Waals surface area contributed by atoms with Gasteiger partial charge in [-0.3, -0.25) is 0 Å². The van der Waals surface area contributed by atoms with Crippen molar-refractivity contribution in [1.82, 2.24) is 0 Å². The predicted octanol–water partition coefficient (Wildman–Crippen LogP) is 7.01. The van der Waals surface area contributed by atoms with Gasteiger partial charge in [-0.15, -0.1) is 0 Å². The van der Waals surface area contributed by atoms with Crippen molar-refractivity contribution in [2.45, 2.75) is 97.8 Å². The van der Waals surface area contributed by atoms with Crippen molar-refractivity contribution >= 4 is 7.14 Å². The summed E-state index contributed by atoms with van der Waals surface area (Å²) in [5, 5.41) is 0. The van der Waals surface area contributed by atoms with Crippen LogP contribution in [0.15, 0.2) is 0 Å². The molecular formula is C21H45O4P. The van der Waals surface area contributed by atoms with Crippen LogP contribution in [0.2, 0.25) is 0 Å². The molecule has 0 saturated heterocycles. The molecule has 0 radical (unpaired) electrons. The SMILES string of the molecule is CCCCCCOCP(=O)(COCCCCCC)COCCCCCC. The molecule has 26 heavy (non-hydrogen) atoms. The number of hydrogen-bond donors (Lipinski definition) is 0. The molecule has 0 aliphatic carbocycles. The number of hydrogen-bond acceptors (Lipinski definition) is 4. The summed E-state index contributed by atoms with van der Waals surface area (Å²) in [4.78, 5) is 0. The van der Waals surface area contributed by atoms with Crippen LogP contribution in [0.25, 0.3) is 0 Å². The van der Waals surface area contributed by atoms with Crippen molar-refractivity contribution in [2.24, 2.45) is 0 Å². The van der Waals surface area contributed by atoms with Gasteiger partial charge in [0.1, 0.15) is 19.0 Å². The van der Waals surface area contributed by atoms with Gasteiger partial charge in [0.05, 0.1) is 0 Å². The fourth-order valence-electron chi connectivity index (χ4n) is 2.70. The summed E-state index contributed by atoms with van der Waals surface area (Å²) in [6.07, 6.45) is 14.9. The van der Waals surface area contributed by atoms with Gasteiger partial charge in [-0.25, -0.2) is 0 Å². The van der Waals surface area contributed by atoms with Gasteiger partial charge >= 0.3 is 0 Å². The molecule has 0 unspecified atom stereocenters. The number of rotatable bonds is 21. The molecule has 0 heterocycles. The van der Waals surface area contributed by atoms with Crippen LogP contribution in [0.1, 0.15) is 97.8 Å². The molecule has 0 aromatic heterocycles. The fourth-order valence-corrected chi connectivity index (χ4v) is 4.31. The average Bonchev–Trinajstić information content (AvgIpc) is 2.64. The van der Waals surface area contributed by atoms with E-state index < -0.39 is 7.14 Å². The molecule has 0 aromatic rings. The summed E-state index contributed by atoms with van der Waals surface area (Å²) in [6.45, 7) is 8.67. The van der Waals surface area contributed by atoms with Crippen LogP contribution in [-0.4, -0.2) is 38.9 Å². The van der Waals surface area contributed by atoms with E-state index in [1.54, 1.807) is 0 Å². The van der Waals surface area contributed by atoms with E-state index >= 15 is 0 Å². The van der Waals surface area contributed by atoms with Gasteiger partial charge in [0, 0.05) is 19.8 Å². The van der Waals surface area contributed by atoms with Crippen LogP contribution in [-0.2, 0) is 18.8 Å². The van der Waals surface area contributed by atoms with Crippen molar-refractivity contribution in [3.05, 3.63) is 0 Å². The number of unbranched alkanes of at least 4 members (excludes halogenated alkanes) is 9. The molecule has 0 N–H and O–H groups in total. The highest BCUT2D eigenvalue weighted by molar-refractivity contribution is 7.63. The molecule has 5 heteroatoms. The van der Waals surface area contributed by atoms with Crippen LogP contribution in [0, 0.1) is 0 Å². The van der Waals surface area contributed by atoms with E-state index in [4.69, 9.17) is 14.2 Å². The standard InChI is InChI=1S/C21H45O4P/c1-4-7-10-13-16-23-19-26(22,20-24-17-14-11-8-5-2)21-25-18-15-12-9-6-3/h4-21H2,1-3H3. The lowest BCUT2D eigenvalue weighted by Crippen LogP contribution is -2.10. The molecule has 0 atom stereocenters. The van der Waals surface area contributed by atoms with Gasteiger partial charge in [0.2, 0.25) is 0 Å². The van der Waals surface area contributed by atoms with Gasteiger partial charge in [-0.2, -0.15) is 0 Å². The summed E-state index contributed by atoms with van der Waals surface area (Å²) in [7, 11) is -2.55. The van der Waals surface area contributed by atoms with E-state index in [1.807, 2.05) is 0 Å². The average molecular weight is 393 g/mol. The molecular weight excluding hydrogens is 347 g/mol. The van der Waals surface area contributed by atoms with Gasteiger partial charge in [0.25, 0.3) is 0 Å². The first-order chi connectivity index (χ1) is 12.7. The van der Waals surface area contributed by atoms with Crippen molar-refractivity contribution in [2.75, 3.05) is 38.9 Å². The summed E-state index contributed by atoms with van der Waals surface area (Å²) in [5.41, 5.74) is 0. The van der Waals surface area contributed by atoms with E-state index in [2.05, 4.69) is 20.8 Å². The quantitative estimate of drug-likeness (QED) is 0.156. The highest BCUT2D eigenvalue weighted by Gasteiger charge is 2.23. The second-order valence-electron chi connectivity index (χ2n) is 7.35. The molecule has 0 amide bonds. The summed E-state index contributed by atoms with van der Waals surface area (Å²) >= 11 is 0. The van der Waals surface area contributed by atoms with Gasteiger partial charge < -0.3 is 18.8 Å². The molecule has 0 aromatic carbocycles. The molecule has 0 fully saturated rings. The maximum Gasteiger partial charge on any atom is 0.160 e. The normalized spacial score (nSPS) is 12.0. The summed E-state index contributed by atoms with van der Waals surface area (Å²) in [5.74, 6) is 0. The Morgan fingerprint density at radius 1 is 0.500 bits per heavy atom. The summed E-state index contributed by atoms with van der Waals surface area (Å²) < 4.78 is 30.2. The van der Waals surface area contributed by atoms with Crippen LogP contribution in [0.4, 0.5) is 0 Å². The fraction of sp³-hybridized carbons (Fsp3) is 1.00. The Kier molecular flexibility index (Phi) is 19.9. The maximum atomic E-state index is 13.1. The van der Waals surface area contributed by atoms with E-state index in [0.717, 1.165) is 19.3 Å². The lowest BCUT2D eigenvalue weighted by molar-refractivity contribution is 0.131. The molecule has 0 bridgehead atoms. The molecule has 0 aliphatic heterocycles. The Bertz CT molecular complexity index is 276. The van der Waals surface area contributed by atoms with E-state index in [9.17, 15) is 4.57 Å². The van der Waals surface area contributed by atoms with Crippen molar-refractivity contribution < 1.29 is 18.8 Å². The number of ether oxygens (including phenoxy) is 3. The molecule has 0 aliphatic rings. The van der Waals surface area contributed by atoms with Crippen molar-refractivity contribution in [3.63, 3.8) is 0 Å². The van der Waals surface area contributed by atoms with E-state index in [-0.39, 0.29) is 0 Å². The highest BCUT2D eigenvalue weighted by Crippen LogP contribution is 2.45. The molecule has 0 rings (SSSR count). The molecule has 4 nitrogen and oxygen atoms in total. The van der Waals surface area contributed by atoms with Crippen molar-refractivity contribution in [3.8, 4) is 0 Å². The smallest absolute Gasteiger partial charge is 0.160 e. The first-order valence-corrected chi connectivity index (χ1v) is 13.2. The van der Waals surface area contributed by atoms with Crippen LogP contribution < -0.4 is 0 Å². The summed E-state index contributed by atoms with van der Waals surface area (Å²) in [6, 6.07) is 0. The van der Waals surface area contributed by atoms with Crippen LogP contribution >= 0.6 is 7.14 Å². The minimum atomic E-state index is -2.55. The zero-order valence-corrected chi connectivity index (χ0v) is 18.7. The molecule has 0 spiro atoms. The van der Waals surface area contributed by atoms with Crippen LogP contribution in [0.5, 0.6) is 0 Å². The Hall–Kier alpha value is 0.110. The van der Waals surface area contributed by atoms with Gasteiger partial charge in [-0.1, -0.05) is 78.6 Å². The largest absolute Gasteiger partial charge is 0.374 e.